The Morgan fingerprint density at radius 1 is 1.10 bits per heavy atom. The SMILES string of the molecule is O=C(Nc1ccc2nc(N3CCOCC3)oc2c1)c1cccc(-c2ccn[nH]2)n1. The van der Waals surface area contributed by atoms with E-state index in [1.807, 2.05) is 17.0 Å². The van der Waals surface area contributed by atoms with Crippen LogP contribution in [0, 0.1) is 0 Å². The number of ether oxygens (including phenoxy) is 1. The maximum absolute atomic E-state index is 12.7. The highest BCUT2D eigenvalue weighted by Gasteiger charge is 2.17. The van der Waals surface area contributed by atoms with Gasteiger partial charge in [0.25, 0.3) is 11.9 Å². The van der Waals surface area contributed by atoms with Crippen LogP contribution in [-0.2, 0) is 4.74 Å². The molecule has 4 aromatic rings. The number of H-pyrrole nitrogens is 1. The number of aromatic amines is 1. The predicted octanol–water partition coefficient (Wildman–Crippen LogP) is 2.70. The number of benzene rings is 1. The fourth-order valence-corrected chi connectivity index (χ4v) is 3.18. The van der Waals surface area contributed by atoms with E-state index in [-0.39, 0.29) is 5.91 Å². The fraction of sp³-hybridized carbons (Fsp3) is 0.200. The average molecular weight is 390 g/mol. The van der Waals surface area contributed by atoms with E-state index in [1.54, 1.807) is 36.5 Å². The summed E-state index contributed by atoms with van der Waals surface area (Å²) in [5.41, 5.74) is 3.67. The number of fused-ring (bicyclic) bond motifs is 1. The van der Waals surface area contributed by atoms with Gasteiger partial charge in [-0.05, 0) is 30.3 Å². The Morgan fingerprint density at radius 2 is 2.00 bits per heavy atom. The van der Waals surface area contributed by atoms with Gasteiger partial charge in [0.05, 0.1) is 24.6 Å². The molecule has 0 aliphatic carbocycles. The van der Waals surface area contributed by atoms with Crippen molar-refractivity contribution >= 4 is 28.7 Å². The number of anilines is 2. The number of aromatic nitrogens is 4. The van der Waals surface area contributed by atoms with Crippen molar-refractivity contribution in [1.82, 2.24) is 20.2 Å². The largest absolute Gasteiger partial charge is 0.423 e. The number of hydrogen-bond donors (Lipinski definition) is 2. The van der Waals surface area contributed by atoms with Gasteiger partial charge in [0.2, 0.25) is 0 Å². The van der Waals surface area contributed by atoms with Crippen LogP contribution in [0.1, 0.15) is 10.5 Å². The minimum absolute atomic E-state index is 0.307. The number of rotatable bonds is 4. The minimum atomic E-state index is -0.307. The van der Waals surface area contributed by atoms with Gasteiger partial charge in [-0.2, -0.15) is 10.1 Å². The van der Waals surface area contributed by atoms with E-state index in [2.05, 4.69) is 25.5 Å². The molecule has 146 valence electrons. The molecule has 0 spiro atoms. The maximum Gasteiger partial charge on any atom is 0.298 e. The maximum atomic E-state index is 12.7. The van der Waals surface area contributed by atoms with Crippen molar-refractivity contribution in [3.8, 4) is 11.4 Å². The van der Waals surface area contributed by atoms with Gasteiger partial charge in [0, 0.05) is 31.0 Å². The molecule has 1 amide bonds. The molecule has 1 saturated heterocycles. The molecular weight excluding hydrogens is 372 g/mol. The zero-order chi connectivity index (χ0) is 19.6. The number of pyridine rings is 1. The molecule has 0 atom stereocenters. The number of nitrogens with one attached hydrogen (secondary N) is 2. The van der Waals surface area contributed by atoms with Crippen molar-refractivity contribution < 1.29 is 13.9 Å². The van der Waals surface area contributed by atoms with Gasteiger partial charge in [0.1, 0.15) is 11.2 Å². The third kappa shape index (κ3) is 3.55. The first-order valence-electron chi connectivity index (χ1n) is 9.28. The van der Waals surface area contributed by atoms with Crippen LogP contribution in [0.4, 0.5) is 11.7 Å². The number of morpholine rings is 1. The lowest BCUT2D eigenvalue weighted by Crippen LogP contribution is -2.36. The van der Waals surface area contributed by atoms with Crippen LogP contribution >= 0.6 is 0 Å². The van der Waals surface area contributed by atoms with Gasteiger partial charge in [-0.25, -0.2) is 4.98 Å². The van der Waals surface area contributed by atoms with Crippen molar-refractivity contribution in [3.05, 3.63) is 54.4 Å². The molecule has 4 heterocycles. The van der Waals surface area contributed by atoms with Crippen LogP contribution in [0.25, 0.3) is 22.5 Å². The second kappa shape index (κ2) is 7.36. The highest BCUT2D eigenvalue weighted by Crippen LogP contribution is 2.25. The molecule has 2 N–H and O–H groups in total. The van der Waals surface area contributed by atoms with Crippen LogP contribution in [0.5, 0.6) is 0 Å². The lowest BCUT2D eigenvalue weighted by Gasteiger charge is -2.24. The first kappa shape index (κ1) is 17.4. The third-order valence-corrected chi connectivity index (χ3v) is 4.68. The minimum Gasteiger partial charge on any atom is -0.423 e. The fourth-order valence-electron chi connectivity index (χ4n) is 3.18. The van der Waals surface area contributed by atoms with Crippen molar-refractivity contribution in [3.63, 3.8) is 0 Å². The Bertz CT molecular complexity index is 1150. The lowest BCUT2D eigenvalue weighted by molar-refractivity contribution is 0.102. The van der Waals surface area contributed by atoms with E-state index in [4.69, 9.17) is 9.15 Å². The van der Waals surface area contributed by atoms with E-state index < -0.39 is 0 Å². The molecule has 9 heteroatoms. The van der Waals surface area contributed by atoms with Crippen LogP contribution in [0.15, 0.2) is 53.1 Å². The summed E-state index contributed by atoms with van der Waals surface area (Å²) < 4.78 is 11.2. The second-order valence-corrected chi connectivity index (χ2v) is 6.61. The molecular formula is C20H18N6O3. The van der Waals surface area contributed by atoms with Crippen molar-refractivity contribution in [1.29, 1.82) is 0 Å². The topological polar surface area (TPSA) is 109 Å². The first-order valence-corrected chi connectivity index (χ1v) is 9.28. The molecule has 0 unspecified atom stereocenters. The van der Waals surface area contributed by atoms with E-state index in [0.29, 0.717) is 41.9 Å². The quantitative estimate of drug-likeness (QED) is 0.551. The molecule has 0 bridgehead atoms. The number of nitrogens with zero attached hydrogens (tertiary/aromatic N) is 4. The van der Waals surface area contributed by atoms with Crippen LogP contribution in [0.2, 0.25) is 0 Å². The average Bonchev–Trinajstić information content (AvgIpc) is 3.44. The normalized spacial score (nSPS) is 14.3. The van der Waals surface area contributed by atoms with Crippen molar-refractivity contribution in [2.45, 2.75) is 0 Å². The van der Waals surface area contributed by atoms with Gasteiger partial charge in [-0.3, -0.25) is 9.89 Å². The molecule has 5 rings (SSSR count). The zero-order valence-electron chi connectivity index (χ0n) is 15.5. The number of carbonyl (C=O) groups is 1. The molecule has 1 fully saturated rings. The Hall–Kier alpha value is -3.72. The molecule has 9 nitrogen and oxygen atoms in total. The summed E-state index contributed by atoms with van der Waals surface area (Å²) in [5, 5.41) is 9.62. The predicted molar refractivity (Wildman–Crippen MR) is 107 cm³/mol. The Kier molecular flexibility index (Phi) is 4.41. The van der Waals surface area contributed by atoms with Crippen molar-refractivity contribution in [2.24, 2.45) is 0 Å². The molecule has 1 aliphatic rings. The summed E-state index contributed by atoms with van der Waals surface area (Å²) in [7, 11) is 0. The highest BCUT2D eigenvalue weighted by molar-refractivity contribution is 6.03. The molecule has 3 aromatic heterocycles. The summed E-state index contributed by atoms with van der Waals surface area (Å²) >= 11 is 0. The Labute approximate surface area is 165 Å². The second-order valence-electron chi connectivity index (χ2n) is 6.61. The summed E-state index contributed by atoms with van der Waals surface area (Å²) in [6, 6.07) is 13.0. The van der Waals surface area contributed by atoms with E-state index in [0.717, 1.165) is 24.3 Å². The van der Waals surface area contributed by atoms with Gasteiger partial charge in [-0.1, -0.05) is 6.07 Å². The zero-order valence-corrected chi connectivity index (χ0v) is 15.5. The molecule has 0 radical (unpaired) electrons. The molecule has 29 heavy (non-hydrogen) atoms. The lowest BCUT2D eigenvalue weighted by atomic mass is 10.2. The standard InChI is InChI=1S/C20H18N6O3/c27-19(17-3-1-2-14(23-17)15-6-7-21-25-15)22-13-4-5-16-18(12-13)29-20(24-16)26-8-10-28-11-9-26/h1-7,12H,8-11H2,(H,21,25)(H,22,27). The monoisotopic (exact) mass is 390 g/mol. The van der Waals surface area contributed by atoms with Gasteiger partial charge < -0.3 is 19.4 Å². The van der Waals surface area contributed by atoms with E-state index in [9.17, 15) is 4.79 Å². The van der Waals surface area contributed by atoms with Gasteiger partial charge >= 0.3 is 0 Å². The molecule has 1 aromatic carbocycles. The van der Waals surface area contributed by atoms with E-state index in [1.165, 1.54) is 0 Å². The Balaban J connectivity index is 1.36. The summed E-state index contributed by atoms with van der Waals surface area (Å²) in [5.74, 6) is -0.307. The molecule has 1 aliphatic heterocycles. The van der Waals surface area contributed by atoms with Crippen LogP contribution in [-0.4, -0.2) is 52.4 Å². The summed E-state index contributed by atoms with van der Waals surface area (Å²) in [6.07, 6.45) is 1.64. The summed E-state index contributed by atoms with van der Waals surface area (Å²) in [4.78, 5) is 23.6. The highest BCUT2D eigenvalue weighted by atomic mass is 16.5. The van der Waals surface area contributed by atoms with Crippen LogP contribution in [0.3, 0.4) is 0 Å². The first-order chi connectivity index (χ1) is 14.3. The number of hydrogen-bond acceptors (Lipinski definition) is 7. The third-order valence-electron chi connectivity index (χ3n) is 4.68. The van der Waals surface area contributed by atoms with Gasteiger partial charge in [0.15, 0.2) is 5.58 Å². The molecule has 0 saturated carbocycles. The summed E-state index contributed by atoms with van der Waals surface area (Å²) in [6.45, 7) is 2.80. The van der Waals surface area contributed by atoms with Gasteiger partial charge in [-0.15, -0.1) is 0 Å². The van der Waals surface area contributed by atoms with Crippen LogP contribution < -0.4 is 10.2 Å². The van der Waals surface area contributed by atoms with Crippen molar-refractivity contribution in [2.75, 3.05) is 36.5 Å². The number of amides is 1. The number of carbonyl (C=O) groups excluding carboxylic acids is 1. The number of oxazole rings is 1. The smallest absolute Gasteiger partial charge is 0.298 e. The Morgan fingerprint density at radius 3 is 2.83 bits per heavy atom. The van der Waals surface area contributed by atoms with E-state index >= 15 is 0 Å².